The minimum absolute atomic E-state index is 0.128. The number of hydrogen-bond acceptors (Lipinski definition) is 9. The Balaban J connectivity index is 1.81. The van der Waals surface area contributed by atoms with Crippen molar-refractivity contribution in [3.8, 4) is 0 Å². The zero-order chi connectivity index (χ0) is 29.3. The average molecular weight is 625 g/mol. The lowest BCUT2D eigenvalue weighted by Crippen LogP contribution is -2.46. The van der Waals surface area contributed by atoms with Crippen LogP contribution in [0.5, 0.6) is 0 Å². The maximum atomic E-state index is 12.7. The molecule has 1 aromatic carbocycles. The van der Waals surface area contributed by atoms with Crippen LogP contribution in [0.15, 0.2) is 18.2 Å². The van der Waals surface area contributed by atoms with Gasteiger partial charge in [-0.05, 0) is 66.5 Å². The summed E-state index contributed by atoms with van der Waals surface area (Å²) in [6.07, 6.45) is 7.20. The predicted octanol–water partition coefficient (Wildman–Crippen LogP) is 1.60. The first-order chi connectivity index (χ1) is 17.7. The van der Waals surface area contributed by atoms with E-state index in [0.29, 0.717) is 55.5 Å². The van der Waals surface area contributed by atoms with Gasteiger partial charge in [0.05, 0.1) is 37.6 Å². The monoisotopic (exact) mass is 624 g/mol. The van der Waals surface area contributed by atoms with Gasteiger partial charge in [-0.2, -0.15) is 0 Å². The van der Waals surface area contributed by atoms with Crippen LogP contribution in [-0.2, 0) is 51.3 Å². The first-order valence-electron chi connectivity index (χ1n) is 12.7. The van der Waals surface area contributed by atoms with E-state index in [1.54, 1.807) is 12.1 Å². The van der Waals surface area contributed by atoms with Crippen molar-refractivity contribution in [1.82, 2.24) is 7.42 Å². The number of fused-ring (bicyclic) bond motifs is 5. The molecule has 0 heterocycles. The number of Topliss-reactive ketones (excluding diaryl/α,β-unsaturated/α-hetero) is 1. The molecule has 4 rings (SSSR count). The van der Waals surface area contributed by atoms with Crippen molar-refractivity contribution >= 4 is 45.9 Å². The SMILES string of the molecule is C[C@]12CC[C@@H]3c4ccc([C@H](CN(S(C)(=O)=O)S(C)(=O)=O)N(S(C)(=O)=O)S(C)(=O)=O)cc4CC[C@H]3[C@@H]1CCC2=O. The molecule has 15 heteroatoms. The third kappa shape index (κ3) is 5.71. The van der Waals surface area contributed by atoms with Gasteiger partial charge in [-0.1, -0.05) is 32.5 Å². The number of rotatable bonds is 8. The summed E-state index contributed by atoms with van der Waals surface area (Å²) in [6, 6.07) is 3.41. The molecule has 0 aromatic heterocycles. The van der Waals surface area contributed by atoms with Gasteiger partial charge in [0.25, 0.3) is 0 Å². The normalized spacial score (nSPS) is 28.7. The van der Waals surface area contributed by atoms with Crippen molar-refractivity contribution in [2.75, 3.05) is 31.6 Å². The molecule has 2 saturated carbocycles. The first kappa shape index (κ1) is 30.6. The molecule has 0 amide bonds. The molecule has 39 heavy (non-hydrogen) atoms. The second kappa shape index (κ2) is 9.86. The van der Waals surface area contributed by atoms with E-state index in [4.69, 9.17) is 0 Å². The lowest BCUT2D eigenvalue weighted by molar-refractivity contribution is -0.129. The molecule has 0 N–H and O–H groups in total. The Morgan fingerprint density at radius 1 is 0.846 bits per heavy atom. The van der Waals surface area contributed by atoms with E-state index in [1.807, 2.05) is 6.07 Å². The Hall–Kier alpha value is -1.39. The fourth-order valence-corrected chi connectivity index (χ4v) is 13.3. The first-order valence-corrected chi connectivity index (χ1v) is 20.1. The summed E-state index contributed by atoms with van der Waals surface area (Å²) in [7, 11) is -17.7. The zero-order valence-electron chi connectivity index (χ0n) is 22.7. The van der Waals surface area contributed by atoms with Crippen LogP contribution in [0.25, 0.3) is 0 Å². The van der Waals surface area contributed by atoms with Crippen LogP contribution in [0.3, 0.4) is 0 Å². The number of nitrogens with zero attached hydrogens (tertiary/aromatic N) is 2. The lowest BCUT2D eigenvalue weighted by Gasteiger charge is -2.48. The van der Waals surface area contributed by atoms with Crippen LogP contribution in [0.4, 0.5) is 0 Å². The third-order valence-electron chi connectivity index (χ3n) is 8.81. The average Bonchev–Trinajstić information content (AvgIpc) is 3.07. The summed E-state index contributed by atoms with van der Waals surface area (Å²) in [5.74, 6) is 1.17. The molecule has 2 fully saturated rings. The van der Waals surface area contributed by atoms with Crippen molar-refractivity contribution in [3.05, 3.63) is 34.9 Å². The minimum Gasteiger partial charge on any atom is -0.299 e. The van der Waals surface area contributed by atoms with E-state index >= 15 is 0 Å². The summed E-state index contributed by atoms with van der Waals surface area (Å²) in [5, 5.41) is 0. The van der Waals surface area contributed by atoms with Gasteiger partial charge in [0, 0.05) is 11.8 Å². The number of sulfonamides is 4. The van der Waals surface area contributed by atoms with Gasteiger partial charge in [-0.25, -0.2) is 33.7 Å². The minimum atomic E-state index is -4.47. The van der Waals surface area contributed by atoms with Crippen molar-refractivity contribution < 1.29 is 38.5 Å². The molecule has 11 nitrogen and oxygen atoms in total. The van der Waals surface area contributed by atoms with Gasteiger partial charge < -0.3 is 0 Å². The quantitative estimate of drug-likeness (QED) is 0.418. The van der Waals surface area contributed by atoms with Gasteiger partial charge in [-0.3, -0.25) is 4.79 Å². The second-order valence-corrected chi connectivity index (χ2v) is 19.5. The van der Waals surface area contributed by atoms with E-state index < -0.39 is 52.7 Å². The van der Waals surface area contributed by atoms with Crippen LogP contribution < -0.4 is 0 Å². The lowest BCUT2D eigenvalue weighted by atomic mass is 9.55. The standard InChI is InChI=1S/C24H36N2O9S4/c1-24-13-12-19-18-8-7-17(14-16(18)6-9-20(19)21(24)10-11-23(24)27)22(26(38(4,32)33)39(5,34)35)15-25(36(2,28)29)37(3,30)31/h7-8,14,19-22H,6,9-13,15H2,1-5H3/t19-,20-,21+,22+,24+/m1/s1. The van der Waals surface area contributed by atoms with Crippen LogP contribution in [0.1, 0.15) is 67.7 Å². The predicted molar refractivity (Wildman–Crippen MR) is 147 cm³/mol. The van der Waals surface area contributed by atoms with E-state index in [0.717, 1.165) is 36.8 Å². The molecule has 0 saturated heterocycles. The van der Waals surface area contributed by atoms with Gasteiger partial charge >= 0.3 is 0 Å². The summed E-state index contributed by atoms with van der Waals surface area (Å²) in [5.41, 5.74) is 1.83. The van der Waals surface area contributed by atoms with Crippen molar-refractivity contribution in [2.24, 2.45) is 17.3 Å². The van der Waals surface area contributed by atoms with Crippen molar-refractivity contribution in [2.45, 2.75) is 57.4 Å². The molecule has 0 aliphatic heterocycles. The van der Waals surface area contributed by atoms with Gasteiger partial charge in [0.2, 0.25) is 40.1 Å². The third-order valence-corrected chi connectivity index (χ3v) is 15.7. The highest BCUT2D eigenvalue weighted by Crippen LogP contribution is 2.59. The molecule has 3 aliphatic rings. The Labute approximate surface area is 232 Å². The molecule has 5 atom stereocenters. The van der Waals surface area contributed by atoms with Crippen molar-refractivity contribution in [1.29, 1.82) is 0 Å². The summed E-state index contributed by atoms with van der Waals surface area (Å²) < 4.78 is 101. The van der Waals surface area contributed by atoms with Crippen LogP contribution >= 0.6 is 0 Å². The zero-order valence-corrected chi connectivity index (χ0v) is 26.0. The highest BCUT2D eigenvalue weighted by molar-refractivity contribution is 8.04. The number of carbonyl (C=O) groups excluding carboxylic acids is 1. The van der Waals surface area contributed by atoms with Gasteiger partial charge in [0.15, 0.2) is 0 Å². The molecule has 0 spiro atoms. The van der Waals surface area contributed by atoms with E-state index in [2.05, 4.69) is 6.92 Å². The van der Waals surface area contributed by atoms with Crippen molar-refractivity contribution in [3.63, 3.8) is 0 Å². The van der Waals surface area contributed by atoms with E-state index in [1.165, 1.54) is 0 Å². The largest absolute Gasteiger partial charge is 0.299 e. The number of carbonyl (C=O) groups is 1. The molecule has 0 bridgehead atoms. The number of benzene rings is 1. The smallest absolute Gasteiger partial charge is 0.224 e. The highest BCUT2D eigenvalue weighted by Gasteiger charge is 2.54. The van der Waals surface area contributed by atoms with Crippen LogP contribution in [-0.4, -0.2) is 78.4 Å². The molecule has 0 radical (unpaired) electrons. The fraction of sp³-hybridized carbons (Fsp3) is 0.708. The maximum Gasteiger partial charge on any atom is 0.224 e. The van der Waals surface area contributed by atoms with E-state index in [9.17, 15) is 38.5 Å². The van der Waals surface area contributed by atoms with Gasteiger partial charge in [-0.15, -0.1) is 0 Å². The molecule has 0 unspecified atom stereocenters. The molecule has 220 valence electrons. The maximum absolute atomic E-state index is 12.7. The summed E-state index contributed by atoms with van der Waals surface area (Å²) in [6.45, 7) is 1.14. The Morgan fingerprint density at radius 3 is 1.97 bits per heavy atom. The number of ketones is 1. The Bertz CT molecular complexity index is 1550. The topological polar surface area (TPSA) is 160 Å². The second-order valence-electron chi connectivity index (χ2n) is 11.5. The Morgan fingerprint density at radius 2 is 1.44 bits per heavy atom. The highest BCUT2D eigenvalue weighted by atomic mass is 32.3. The summed E-state index contributed by atoms with van der Waals surface area (Å²) in [4.78, 5) is 12.6. The fourth-order valence-electron chi connectivity index (χ4n) is 7.24. The summed E-state index contributed by atoms with van der Waals surface area (Å²) >= 11 is 0. The van der Waals surface area contributed by atoms with Crippen LogP contribution in [0, 0.1) is 17.3 Å². The molecular weight excluding hydrogens is 589 g/mol. The molecule has 1 aromatic rings. The Kier molecular flexibility index (Phi) is 7.73. The van der Waals surface area contributed by atoms with Gasteiger partial charge in [0.1, 0.15) is 5.78 Å². The molecular formula is C24H36N2O9S4. The number of aryl methyl sites for hydroxylation is 1. The van der Waals surface area contributed by atoms with Crippen LogP contribution in [0.2, 0.25) is 0 Å². The van der Waals surface area contributed by atoms with E-state index in [-0.39, 0.29) is 24.3 Å². The number of hydrogen-bond donors (Lipinski definition) is 0. The molecule has 3 aliphatic carbocycles.